The van der Waals surface area contributed by atoms with Gasteiger partial charge in [0.15, 0.2) is 0 Å². The van der Waals surface area contributed by atoms with Crippen molar-refractivity contribution in [2.24, 2.45) is 5.92 Å². The SMILES string of the molecule is CC[C@@H](C)[C@H](NC(=O)NCCc1ccc(OC)cc1)C(=O)O. The van der Waals surface area contributed by atoms with Gasteiger partial charge in [-0.3, -0.25) is 0 Å². The topological polar surface area (TPSA) is 87.7 Å². The molecule has 0 spiro atoms. The number of benzene rings is 1. The monoisotopic (exact) mass is 308 g/mol. The minimum atomic E-state index is -1.01. The lowest BCUT2D eigenvalue weighted by Crippen LogP contribution is -2.49. The summed E-state index contributed by atoms with van der Waals surface area (Å²) in [6.07, 6.45) is 1.35. The van der Waals surface area contributed by atoms with Gasteiger partial charge in [0.05, 0.1) is 7.11 Å². The van der Waals surface area contributed by atoms with Crippen LogP contribution in [0.2, 0.25) is 0 Å². The molecule has 0 aliphatic rings. The zero-order valence-electron chi connectivity index (χ0n) is 13.3. The zero-order valence-corrected chi connectivity index (χ0v) is 13.3. The molecule has 2 atom stereocenters. The van der Waals surface area contributed by atoms with Crippen LogP contribution in [0.15, 0.2) is 24.3 Å². The predicted molar refractivity (Wildman–Crippen MR) is 84.1 cm³/mol. The molecule has 6 heteroatoms. The molecule has 0 unspecified atom stereocenters. The first-order valence-corrected chi connectivity index (χ1v) is 7.38. The third-order valence-electron chi connectivity index (χ3n) is 3.62. The number of carboxylic acids is 1. The number of ether oxygens (including phenoxy) is 1. The molecule has 1 rings (SSSR count). The number of methoxy groups -OCH3 is 1. The van der Waals surface area contributed by atoms with Gasteiger partial charge in [-0.15, -0.1) is 0 Å². The number of hydrogen-bond donors (Lipinski definition) is 3. The number of carbonyl (C=O) groups excluding carboxylic acids is 1. The second-order valence-electron chi connectivity index (χ2n) is 5.20. The second-order valence-corrected chi connectivity index (χ2v) is 5.20. The maximum atomic E-state index is 11.8. The predicted octanol–water partition coefficient (Wildman–Crippen LogP) is 2.04. The molecule has 0 aromatic heterocycles. The Bertz CT molecular complexity index is 487. The van der Waals surface area contributed by atoms with E-state index in [-0.39, 0.29) is 5.92 Å². The summed E-state index contributed by atoms with van der Waals surface area (Å²) < 4.78 is 5.08. The largest absolute Gasteiger partial charge is 0.497 e. The highest BCUT2D eigenvalue weighted by molar-refractivity contribution is 5.82. The number of aliphatic carboxylic acids is 1. The van der Waals surface area contributed by atoms with Crippen LogP contribution in [0, 0.1) is 5.92 Å². The van der Waals surface area contributed by atoms with Crippen LogP contribution in [-0.2, 0) is 11.2 Å². The lowest BCUT2D eigenvalue weighted by atomic mass is 9.99. The molecule has 0 aliphatic carbocycles. The molecule has 0 saturated carbocycles. The number of urea groups is 1. The maximum absolute atomic E-state index is 11.8. The summed E-state index contributed by atoms with van der Waals surface area (Å²) in [7, 11) is 1.61. The highest BCUT2D eigenvalue weighted by atomic mass is 16.5. The van der Waals surface area contributed by atoms with E-state index < -0.39 is 18.0 Å². The first kappa shape index (κ1) is 17.8. The summed E-state index contributed by atoms with van der Waals surface area (Å²) in [4.78, 5) is 22.9. The number of rotatable bonds is 8. The Balaban J connectivity index is 2.39. The van der Waals surface area contributed by atoms with Crippen LogP contribution in [0.4, 0.5) is 4.79 Å². The van der Waals surface area contributed by atoms with Gasteiger partial charge in [-0.25, -0.2) is 9.59 Å². The molecule has 6 nitrogen and oxygen atoms in total. The smallest absolute Gasteiger partial charge is 0.326 e. The van der Waals surface area contributed by atoms with E-state index in [4.69, 9.17) is 9.84 Å². The van der Waals surface area contributed by atoms with Gasteiger partial charge in [-0.05, 0) is 30.0 Å². The van der Waals surface area contributed by atoms with Crippen LogP contribution in [0.25, 0.3) is 0 Å². The van der Waals surface area contributed by atoms with Gasteiger partial charge in [0, 0.05) is 6.54 Å². The Morgan fingerprint density at radius 2 is 1.91 bits per heavy atom. The third kappa shape index (κ3) is 5.63. The van der Waals surface area contributed by atoms with Crippen molar-refractivity contribution in [2.75, 3.05) is 13.7 Å². The van der Waals surface area contributed by atoms with Crippen LogP contribution >= 0.6 is 0 Å². The van der Waals surface area contributed by atoms with Crippen molar-refractivity contribution in [1.82, 2.24) is 10.6 Å². The van der Waals surface area contributed by atoms with E-state index in [0.717, 1.165) is 11.3 Å². The molecule has 3 N–H and O–H groups in total. The summed E-state index contributed by atoms with van der Waals surface area (Å²) in [5.74, 6) is -0.350. The van der Waals surface area contributed by atoms with Crippen molar-refractivity contribution in [3.05, 3.63) is 29.8 Å². The van der Waals surface area contributed by atoms with E-state index in [9.17, 15) is 9.59 Å². The molecule has 122 valence electrons. The van der Waals surface area contributed by atoms with Gasteiger partial charge in [0.25, 0.3) is 0 Å². The Morgan fingerprint density at radius 1 is 1.27 bits per heavy atom. The van der Waals surface area contributed by atoms with Crippen LogP contribution in [0.1, 0.15) is 25.8 Å². The van der Waals surface area contributed by atoms with Gasteiger partial charge in [0.1, 0.15) is 11.8 Å². The standard InChI is InChI=1S/C16H24N2O4/c1-4-11(2)14(15(19)20)18-16(21)17-10-9-12-5-7-13(22-3)8-6-12/h5-8,11,14H,4,9-10H2,1-3H3,(H,19,20)(H2,17,18,21)/t11-,14+/m1/s1. The Hall–Kier alpha value is -2.24. The van der Waals surface area contributed by atoms with Crippen molar-refractivity contribution in [3.63, 3.8) is 0 Å². The molecule has 22 heavy (non-hydrogen) atoms. The highest BCUT2D eigenvalue weighted by Crippen LogP contribution is 2.11. The van der Waals surface area contributed by atoms with Crippen LogP contribution < -0.4 is 15.4 Å². The number of carboxylic acid groups (broad SMARTS) is 1. The quantitative estimate of drug-likeness (QED) is 0.686. The fourth-order valence-electron chi connectivity index (χ4n) is 1.99. The van der Waals surface area contributed by atoms with Crippen molar-refractivity contribution in [2.45, 2.75) is 32.7 Å². The van der Waals surface area contributed by atoms with E-state index in [2.05, 4.69) is 10.6 Å². The van der Waals surface area contributed by atoms with E-state index in [1.54, 1.807) is 14.0 Å². The van der Waals surface area contributed by atoms with E-state index >= 15 is 0 Å². The van der Waals surface area contributed by atoms with Crippen LogP contribution in [-0.4, -0.2) is 36.8 Å². The third-order valence-corrected chi connectivity index (χ3v) is 3.62. The molecular weight excluding hydrogens is 284 g/mol. The average Bonchev–Trinajstić information content (AvgIpc) is 2.52. The Kier molecular flexibility index (Phi) is 7.22. The van der Waals surface area contributed by atoms with Crippen LogP contribution in [0.3, 0.4) is 0 Å². The van der Waals surface area contributed by atoms with Crippen LogP contribution in [0.5, 0.6) is 5.75 Å². The zero-order chi connectivity index (χ0) is 16.5. The first-order chi connectivity index (χ1) is 10.5. The number of amides is 2. The average molecular weight is 308 g/mol. The van der Waals surface area contributed by atoms with Gasteiger partial charge in [-0.1, -0.05) is 32.4 Å². The first-order valence-electron chi connectivity index (χ1n) is 7.38. The molecule has 2 amide bonds. The van der Waals surface area contributed by atoms with Gasteiger partial charge >= 0.3 is 12.0 Å². The fourth-order valence-corrected chi connectivity index (χ4v) is 1.99. The number of hydrogen-bond acceptors (Lipinski definition) is 3. The van der Waals surface area contributed by atoms with E-state index in [0.29, 0.717) is 19.4 Å². The van der Waals surface area contributed by atoms with Gasteiger partial charge in [-0.2, -0.15) is 0 Å². The normalized spacial score (nSPS) is 13.0. The summed E-state index contributed by atoms with van der Waals surface area (Å²) in [6.45, 7) is 4.13. The summed E-state index contributed by atoms with van der Waals surface area (Å²) >= 11 is 0. The lowest BCUT2D eigenvalue weighted by molar-refractivity contribution is -0.140. The van der Waals surface area contributed by atoms with Crippen molar-refractivity contribution in [3.8, 4) is 5.75 Å². The van der Waals surface area contributed by atoms with Crippen molar-refractivity contribution in [1.29, 1.82) is 0 Å². The Morgan fingerprint density at radius 3 is 2.41 bits per heavy atom. The second kappa shape index (κ2) is 8.92. The number of carbonyl (C=O) groups is 2. The molecule has 0 saturated heterocycles. The molecule has 0 radical (unpaired) electrons. The maximum Gasteiger partial charge on any atom is 0.326 e. The summed E-state index contributed by atoms with van der Waals surface area (Å²) in [6, 6.07) is 6.25. The van der Waals surface area contributed by atoms with Gasteiger partial charge < -0.3 is 20.5 Å². The van der Waals surface area contributed by atoms with Crippen molar-refractivity contribution >= 4 is 12.0 Å². The molecule has 0 bridgehead atoms. The minimum absolute atomic E-state index is 0.121. The highest BCUT2D eigenvalue weighted by Gasteiger charge is 2.24. The Labute approximate surface area is 130 Å². The molecule has 0 fully saturated rings. The fraction of sp³-hybridized carbons (Fsp3) is 0.500. The molecular formula is C16H24N2O4. The summed E-state index contributed by atoms with van der Waals surface area (Å²) in [5.41, 5.74) is 1.07. The molecule has 0 heterocycles. The van der Waals surface area contributed by atoms with E-state index in [1.165, 1.54) is 0 Å². The van der Waals surface area contributed by atoms with Crippen molar-refractivity contribution < 1.29 is 19.4 Å². The minimum Gasteiger partial charge on any atom is -0.497 e. The lowest BCUT2D eigenvalue weighted by Gasteiger charge is -2.20. The molecule has 1 aromatic carbocycles. The molecule has 1 aromatic rings. The number of nitrogens with one attached hydrogen (secondary N) is 2. The van der Waals surface area contributed by atoms with E-state index in [1.807, 2.05) is 31.2 Å². The van der Waals surface area contributed by atoms with Gasteiger partial charge in [0.2, 0.25) is 0 Å². The molecule has 0 aliphatic heterocycles. The summed E-state index contributed by atoms with van der Waals surface area (Å²) in [5, 5.41) is 14.3.